The van der Waals surface area contributed by atoms with E-state index in [1.165, 1.54) is 289 Å². The fourth-order valence-corrected chi connectivity index (χ4v) is 12.4. The average molecular weight is 1270 g/mol. The summed E-state index contributed by atoms with van der Waals surface area (Å²) in [7, 11) is 1.28. The second-order valence-corrected chi connectivity index (χ2v) is 29.1. The van der Waals surface area contributed by atoms with E-state index in [-0.39, 0.29) is 19.1 Å². The SMILES string of the molecule is CC/C=C\C/C=C\C/C=C\C/C=C\C/C=C\CCCCCCCCCCCCCCCCCCCCCCCCCC(=O)NC(COP(=O)([O-])OCC[N+](C)(C)C)C(O)/C=C/CCCCCCCCCCCCCCCCCCCCCCCCCCCC. The van der Waals surface area contributed by atoms with Crippen LogP contribution in [0.1, 0.15) is 380 Å². The predicted octanol–water partition coefficient (Wildman–Crippen LogP) is 24.7. The normalized spacial score (nSPS) is 13.9. The van der Waals surface area contributed by atoms with Crippen molar-refractivity contribution in [3.8, 4) is 0 Å². The fourth-order valence-electron chi connectivity index (χ4n) is 11.7. The first-order chi connectivity index (χ1) is 43.5. The summed E-state index contributed by atoms with van der Waals surface area (Å²) < 4.78 is 23.5. The lowest BCUT2D eigenvalue weighted by Gasteiger charge is -2.29. The van der Waals surface area contributed by atoms with Gasteiger partial charge in [0, 0.05) is 6.42 Å². The number of hydrogen-bond acceptors (Lipinski definition) is 6. The van der Waals surface area contributed by atoms with Crippen molar-refractivity contribution in [3.05, 3.63) is 72.9 Å². The molecule has 1 amide bonds. The zero-order valence-electron chi connectivity index (χ0n) is 59.9. The highest BCUT2D eigenvalue weighted by atomic mass is 31.2. The molecule has 0 saturated heterocycles. The first kappa shape index (κ1) is 86.9. The Bertz CT molecular complexity index is 1680. The standard InChI is InChI=1S/C80H151N2O6P/c1-6-8-10-12-14-16-18-20-22-24-26-28-30-32-34-36-37-38-39-40-41-42-43-44-45-46-48-50-52-54-56-58-60-62-64-66-68-70-72-74-80(84)81-78(77-88-89(85,86)87-76-75-82(3,4)5)79(83)73-71-69-67-65-63-61-59-57-55-53-51-49-47-35-33-31-29-27-25-23-21-19-17-15-13-11-9-7-2/h8,10,14,16,20,22,26,28,32,34,71,73,78-79,83H,6-7,9,11-13,15,17-19,21,23-25,27,29-31,33,35-70,72,74-77H2,1-5H3,(H-,81,84,85,86)/b10-8-,16-14-,22-20-,28-26-,34-32-,73-71+. The number of quaternary nitrogens is 1. The van der Waals surface area contributed by atoms with E-state index in [0.717, 1.165) is 70.6 Å². The summed E-state index contributed by atoms with van der Waals surface area (Å²) in [4.78, 5) is 25.7. The van der Waals surface area contributed by atoms with Crippen LogP contribution in [0.15, 0.2) is 72.9 Å². The Kier molecular flexibility index (Phi) is 68.6. The van der Waals surface area contributed by atoms with E-state index in [2.05, 4.69) is 79.9 Å². The second-order valence-electron chi connectivity index (χ2n) is 27.7. The maximum absolute atomic E-state index is 13.1. The van der Waals surface area contributed by atoms with Gasteiger partial charge < -0.3 is 28.8 Å². The van der Waals surface area contributed by atoms with Crippen LogP contribution >= 0.6 is 7.82 Å². The zero-order valence-corrected chi connectivity index (χ0v) is 60.8. The molecule has 0 spiro atoms. The van der Waals surface area contributed by atoms with Crippen LogP contribution in [0.2, 0.25) is 0 Å². The number of nitrogens with one attached hydrogen (secondary N) is 1. The lowest BCUT2D eigenvalue weighted by molar-refractivity contribution is -0.870. The third-order valence-electron chi connectivity index (χ3n) is 17.7. The van der Waals surface area contributed by atoms with Crippen molar-refractivity contribution in [2.75, 3.05) is 40.9 Å². The Hall–Kier alpha value is -2.06. The molecular weight excluding hydrogens is 1120 g/mol. The van der Waals surface area contributed by atoms with Gasteiger partial charge in [-0.1, -0.05) is 382 Å². The van der Waals surface area contributed by atoms with Gasteiger partial charge >= 0.3 is 0 Å². The molecule has 0 aliphatic rings. The maximum atomic E-state index is 13.1. The summed E-state index contributed by atoms with van der Waals surface area (Å²) in [6.45, 7) is 4.59. The highest BCUT2D eigenvalue weighted by Gasteiger charge is 2.23. The minimum atomic E-state index is -4.61. The zero-order chi connectivity index (χ0) is 64.8. The van der Waals surface area contributed by atoms with Gasteiger partial charge in [-0.2, -0.15) is 0 Å². The summed E-state index contributed by atoms with van der Waals surface area (Å²) in [5.41, 5.74) is 0. The number of allylic oxidation sites excluding steroid dienone is 11. The monoisotopic (exact) mass is 1270 g/mol. The Morgan fingerprint density at radius 2 is 0.685 bits per heavy atom. The number of amides is 1. The fraction of sp³-hybridized carbons (Fsp3) is 0.838. The Morgan fingerprint density at radius 3 is 1.00 bits per heavy atom. The molecule has 0 saturated carbocycles. The minimum absolute atomic E-state index is 0.00000316. The number of likely N-dealkylation sites (N-methyl/N-ethyl adjacent to an activating group) is 1. The largest absolute Gasteiger partial charge is 0.756 e. The lowest BCUT2D eigenvalue weighted by Crippen LogP contribution is -2.45. The summed E-state index contributed by atoms with van der Waals surface area (Å²) in [6, 6.07) is -0.889. The molecule has 0 bridgehead atoms. The van der Waals surface area contributed by atoms with Crippen LogP contribution in [-0.2, 0) is 18.4 Å². The van der Waals surface area contributed by atoms with Crippen molar-refractivity contribution < 1.29 is 32.9 Å². The molecule has 0 fully saturated rings. The second kappa shape index (κ2) is 70.3. The number of phosphoric acid groups is 1. The molecule has 8 nitrogen and oxygen atoms in total. The molecule has 0 aliphatic carbocycles. The molecular formula is C80H151N2O6P. The average Bonchev–Trinajstić information content (AvgIpc) is 3.55. The molecule has 0 aromatic carbocycles. The van der Waals surface area contributed by atoms with Crippen molar-refractivity contribution in [2.45, 2.75) is 392 Å². The van der Waals surface area contributed by atoms with Gasteiger partial charge in [-0.25, -0.2) is 0 Å². The number of phosphoric ester groups is 1. The Labute approximate surface area is 554 Å². The number of rotatable bonds is 72. The third kappa shape index (κ3) is 73.2. The number of aliphatic hydroxyl groups excluding tert-OH is 1. The van der Waals surface area contributed by atoms with Gasteiger partial charge in [0.25, 0.3) is 7.82 Å². The molecule has 0 rings (SSSR count). The molecule has 0 radical (unpaired) electrons. The minimum Gasteiger partial charge on any atom is -0.756 e. The number of unbranched alkanes of at least 4 members (excludes halogenated alkanes) is 49. The number of nitrogens with zero attached hydrogens (tertiary/aromatic N) is 1. The molecule has 3 atom stereocenters. The van der Waals surface area contributed by atoms with Crippen LogP contribution in [0.4, 0.5) is 0 Å². The van der Waals surface area contributed by atoms with E-state index in [1.54, 1.807) is 6.08 Å². The van der Waals surface area contributed by atoms with E-state index in [9.17, 15) is 19.4 Å². The maximum Gasteiger partial charge on any atom is 0.268 e. The molecule has 89 heavy (non-hydrogen) atoms. The lowest BCUT2D eigenvalue weighted by atomic mass is 10.0. The van der Waals surface area contributed by atoms with Crippen LogP contribution in [0.5, 0.6) is 0 Å². The Balaban J connectivity index is 3.96. The number of hydrogen-bond donors (Lipinski definition) is 2. The van der Waals surface area contributed by atoms with Crippen molar-refractivity contribution in [3.63, 3.8) is 0 Å². The van der Waals surface area contributed by atoms with Gasteiger partial charge in [-0.15, -0.1) is 0 Å². The number of carbonyl (C=O) groups is 1. The van der Waals surface area contributed by atoms with Gasteiger partial charge in [0.15, 0.2) is 0 Å². The van der Waals surface area contributed by atoms with Crippen LogP contribution in [0, 0.1) is 0 Å². The molecule has 0 heterocycles. The first-order valence-corrected chi connectivity index (χ1v) is 40.3. The molecule has 3 unspecified atom stereocenters. The first-order valence-electron chi connectivity index (χ1n) is 38.8. The smallest absolute Gasteiger partial charge is 0.268 e. The molecule has 9 heteroatoms. The highest BCUT2D eigenvalue weighted by molar-refractivity contribution is 7.45. The quantitative estimate of drug-likeness (QED) is 0.0272. The van der Waals surface area contributed by atoms with E-state index >= 15 is 0 Å². The number of aliphatic hydroxyl groups is 1. The van der Waals surface area contributed by atoms with Crippen LogP contribution < -0.4 is 10.2 Å². The van der Waals surface area contributed by atoms with E-state index in [1.807, 2.05) is 27.2 Å². The molecule has 0 aromatic rings. The van der Waals surface area contributed by atoms with Crippen molar-refractivity contribution in [1.29, 1.82) is 0 Å². The van der Waals surface area contributed by atoms with Crippen molar-refractivity contribution in [1.82, 2.24) is 5.32 Å². The van der Waals surface area contributed by atoms with Gasteiger partial charge in [-0.3, -0.25) is 9.36 Å². The van der Waals surface area contributed by atoms with E-state index in [4.69, 9.17) is 9.05 Å². The molecule has 2 N–H and O–H groups in total. The molecule has 0 aliphatic heterocycles. The third-order valence-corrected chi connectivity index (χ3v) is 18.6. The summed E-state index contributed by atoms with van der Waals surface area (Å²) in [5, 5.41) is 14.0. The van der Waals surface area contributed by atoms with E-state index in [0.29, 0.717) is 17.4 Å². The number of carbonyl (C=O) groups excluding carboxylic acids is 1. The van der Waals surface area contributed by atoms with Crippen molar-refractivity contribution in [2.24, 2.45) is 0 Å². The topological polar surface area (TPSA) is 108 Å². The predicted molar refractivity (Wildman–Crippen MR) is 390 cm³/mol. The van der Waals surface area contributed by atoms with Gasteiger partial charge in [0.2, 0.25) is 5.91 Å². The van der Waals surface area contributed by atoms with E-state index < -0.39 is 20.0 Å². The van der Waals surface area contributed by atoms with Gasteiger partial charge in [-0.05, 0) is 64.2 Å². The van der Waals surface area contributed by atoms with Crippen LogP contribution in [0.25, 0.3) is 0 Å². The van der Waals surface area contributed by atoms with Crippen LogP contribution in [-0.4, -0.2) is 68.5 Å². The molecule has 0 aromatic heterocycles. The van der Waals surface area contributed by atoms with Crippen molar-refractivity contribution >= 4 is 13.7 Å². The van der Waals surface area contributed by atoms with Gasteiger partial charge in [0.1, 0.15) is 13.2 Å². The van der Waals surface area contributed by atoms with Crippen LogP contribution in [0.3, 0.4) is 0 Å². The molecule has 522 valence electrons. The van der Waals surface area contributed by atoms with Gasteiger partial charge in [0.05, 0.1) is 39.9 Å². The Morgan fingerprint density at radius 1 is 0.404 bits per heavy atom. The highest BCUT2D eigenvalue weighted by Crippen LogP contribution is 2.38. The summed E-state index contributed by atoms with van der Waals surface area (Å²) in [5.74, 6) is -0.190. The summed E-state index contributed by atoms with van der Waals surface area (Å²) >= 11 is 0. The summed E-state index contributed by atoms with van der Waals surface area (Å²) in [6.07, 6.45) is 99.1.